The number of hydrogen-bond acceptors (Lipinski definition) is 3. The predicted molar refractivity (Wildman–Crippen MR) is 63.9 cm³/mol. The monoisotopic (exact) mass is 217 g/mol. The maximum Gasteiger partial charge on any atom is 0.140 e. The molecular formula is C10H23NO2Si. The molecule has 0 aliphatic carbocycles. The third-order valence-electron chi connectivity index (χ3n) is 2.09. The summed E-state index contributed by atoms with van der Waals surface area (Å²) in [6, 6.07) is 0. The minimum absolute atomic E-state index is 0.00519. The highest BCUT2D eigenvalue weighted by molar-refractivity contribution is 6.68. The van der Waals surface area contributed by atoms with Gasteiger partial charge >= 0.3 is 0 Å². The summed E-state index contributed by atoms with van der Waals surface area (Å²) in [5.41, 5.74) is 0. The van der Waals surface area contributed by atoms with E-state index in [9.17, 15) is 0 Å². The molecule has 0 radical (unpaired) electrons. The van der Waals surface area contributed by atoms with Gasteiger partial charge in [0.25, 0.3) is 0 Å². The first-order chi connectivity index (χ1) is 6.85. The smallest absolute Gasteiger partial charge is 0.140 e. The Morgan fingerprint density at radius 1 is 1.21 bits per heavy atom. The van der Waals surface area contributed by atoms with Gasteiger partial charge in [0.15, 0.2) is 0 Å². The Hall–Kier alpha value is -0.193. The zero-order chi connectivity index (χ0) is 10.6. The minimum Gasteiger partial charge on any atom is -0.360 e. The SMILES string of the molecule is CCCCCCN=C[SiH2]C(OC)OC. The molecule has 0 saturated carbocycles. The summed E-state index contributed by atoms with van der Waals surface area (Å²) >= 11 is 0. The van der Waals surface area contributed by atoms with Crippen molar-refractivity contribution in [3.8, 4) is 0 Å². The molecule has 0 spiro atoms. The topological polar surface area (TPSA) is 30.8 Å². The van der Waals surface area contributed by atoms with E-state index in [1.807, 2.05) is 5.84 Å². The van der Waals surface area contributed by atoms with Crippen LogP contribution in [0.25, 0.3) is 0 Å². The normalized spacial score (nSPS) is 12.6. The number of methoxy groups -OCH3 is 2. The summed E-state index contributed by atoms with van der Waals surface area (Å²) in [5.74, 6) is 2.03. The van der Waals surface area contributed by atoms with Crippen molar-refractivity contribution in [3.05, 3.63) is 0 Å². The van der Waals surface area contributed by atoms with Crippen molar-refractivity contribution in [1.82, 2.24) is 0 Å². The minimum atomic E-state index is -0.450. The summed E-state index contributed by atoms with van der Waals surface area (Å²) in [6.45, 7) is 3.19. The van der Waals surface area contributed by atoms with Crippen LogP contribution in [0.4, 0.5) is 0 Å². The fourth-order valence-electron chi connectivity index (χ4n) is 1.17. The number of ether oxygens (including phenoxy) is 2. The van der Waals surface area contributed by atoms with Gasteiger partial charge in [-0.05, 0) is 12.3 Å². The third kappa shape index (κ3) is 8.41. The Kier molecular flexibility index (Phi) is 10.7. The first-order valence-electron chi connectivity index (χ1n) is 5.39. The maximum atomic E-state index is 5.09. The fourth-order valence-corrected chi connectivity index (χ4v) is 2.06. The predicted octanol–water partition coefficient (Wildman–Crippen LogP) is 1.34. The highest BCUT2D eigenvalue weighted by atomic mass is 28.2. The summed E-state index contributed by atoms with van der Waals surface area (Å²) in [7, 11) is 2.90. The van der Waals surface area contributed by atoms with Gasteiger partial charge in [-0.1, -0.05) is 26.2 Å². The molecule has 0 fully saturated rings. The van der Waals surface area contributed by atoms with Gasteiger partial charge in [-0.2, -0.15) is 0 Å². The van der Waals surface area contributed by atoms with E-state index in [2.05, 4.69) is 11.9 Å². The standard InChI is InChI=1S/C10H23NO2Si/c1-4-5-6-7-8-11-9-14-10(12-2)13-3/h9-10H,4-8,14H2,1-3H3. The van der Waals surface area contributed by atoms with E-state index in [0.29, 0.717) is 0 Å². The molecule has 0 N–H and O–H groups in total. The van der Waals surface area contributed by atoms with Gasteiger partial charge in [0, 0.05) is 20.8 Å². The first-order valence-corrected chi connectivity index (χ1v) is 7.02. The van der Waals surface area contributed by atoms with Gasteiger partial charge in [0.2, 0.25) is 0 Å². The molecule has 0 rings (SSSR count). The van der Waals surface area contributed by atoms with Crippen LogP contribution in [0.1, 0.15) is 32.6 Å². The molecule has 0 aromatic heterocycles. The van der Waals surface area contributed by atoms with Crippen LogP contribution in [-0.4, -0.2) is 42.0 Å². The number of rotatable bonds is 9. The molecule has 0 bridgehead atoms. The van der Waals surface area contributed by atoms with Gasteiger partial charge in [0.05, 0.1) is 0 Å². The van der Waals surface area contributed by atoms with Crippen LogP contribution in [0.2, 0.25) is 0 Å². The van der Waals surface area contributed by atoms with E-state index in [1.54, 1.807) is 14.2 Å². The van der Waals surface area contributed by atoms with E-state index in [1.165, 1.54) is 25.7 Å². The molecule has 0 aromatic carbocycles. The lowest BCUT2D eigenvalue weighted by molar-refractivity contribution is -0.0425. The van der Waals surface area contributed by atoms with Crippen LogP contribution < -0.4 is 0 Å². The van der Waals surface area contributed by atoms with Gasteiger partial charge in [-0.3, -0.25) is 0 Å². The number of unbranched alkanes of at least 4 members (excludes halogenated alkanes) is 3. The highest BCUT2D eigenvalue weighted by Crippen LogP contribution is 1.98. The lowest BCUT2D eigenvalue weighted by atomic mass is 10.2. The van der Waals surface area contributed by atoms with Crippen molar-refractivity contribution in [2.24, 2.45) is 4.99 Å². The largest absolute Gasteiger partial charge is 0.360 e. The summed E-state index contributed by atoms with van der Waals surface area (Å²) in [4.78, 5) is 4.36. The van der Waals surface area contributed by atoms with E-state index >= 15 is 0 Å². The van der Waals surface area contributed by atoms with Crippen LogP contribution in [0.5, 0.6) is 0 Å². The van der Waals surface area contributed by atoms with Crippen molar-refractivity contribution >= 4 is 15.4 Å². The molecule has 0 unspecified atom stereocenters. The number of hydrogen-bond donors (Lipinski definition) is 0. The first kappa shape index (κ1) is 13.8. The average Bonchev–Trinajstić information content (AvgIpc) is 2.22. The fraction of sp³-hybridized carbons (Fsp3) is 0.900. The summed E-state index contributed by atoms with van der Waals surface area (Å²) < 4.78 is 10.2. The third-order valence-corrected chi connectivity index (χ3v) is 3.61. The second kappa shape index (κ2) is 10.9. The van der Waals surface area contributed by atoms with Gasteiger partial charge in [-0.25, -0.2) is 0 Å². The van der Waals surface area contributed by atoms with E-state index in [0.717, 1.165) is 6.54 Å². The lowest BCUT2D eigenvalue weighted by Gasteiger charge is -2.08. The van der Waals surface area contributed by atoms with E-state index in [4.69, 9.17) is 9.47 Å². The van der Waals surface area contributed by atoms with Crippen molar-refractivity contribution in [3.63, 3.8) is 0 Å². The molecule has 0 amide bonds. The molecule has 4 heteroatoms. The van der Waals surface area contributed by atoms with Gasteiger partial charge < -0.3 is 14.5 Å². The quantitative estimate of drug-likeness (QED) is 0.252. The molecular weight excluding hydrogens is 194 g/mol. The molecule has 14 heavy (non-hydrogen) atoms. The maximum absolute atomic E-state index is 5.09. The van der Waals surface area contributed by atoms with Crippen molar-refractivity contribution in [2.75, 3.05) is 20.8 Å². The van der Waals surface area contributed by atoms with Gasteiger partial charge in [-0.15, -0.1) is 0 Å². The Labute approximate surface area is 89.7 Å². The van der Waals surface area contributed by atoms with Crippen LogP contribution in [0, 0.1) is 0 Å². The van der Waals surface area contributed by atoms with Crippen LogP contribution in [-0.2, 0) is 9.47 Å². The lowest BCUT2D eigenvalue weighted by Crippen LogP contribution is -2.22. The van der Waals surface area contributed by atoms with E-state index in [-0.39, 0.29) is 5.91 Å². The molecule has 0 heterocycles. The molecule has 0 aromatic rings. The molecule has 0 aliphatic heterocycles. The number of aliphatic imine (C=N–C) groups is 1. The van der Waals surface area contributed by atoms with Crippen molar-refractivity contribution in [2.45, 2.75) is 38.5 Å². The second-order valence-electron chi connectivity index (χ2n) is 3.29. The van der Waals surface area contributed by atoms with Crippen LogP contribution in [0.15, 0.2) is 4.99 Å². The van der Waals surface area contributed by atoms with E-state index < -0.39 is 9.52 Å². The van der Waals surface area contributed by atoms with Gasteiger partial charge in [0.1, 0.15) is 15.4 Å². The van der Waals surface area contributed by atoms with Crippen molar-refractivity contribution in [1.29, 1.82) is 0 Å². The Balaban J connectivity index is 3.25. The zero-order valence-corrected chi connectivity index (χ0v) is 11.1. The second-order valence-corrected chi connectivity index (χ2v) is 4.79. The zero-order valence-electron chi connectivity index (χ0n) is 9.66. The van der Waals surface area contributed by atoms with Crippen molar-refractivity contribution < 1.29 is 9.47 Å². The molecule has 0 saturated heterocycles. The number of nitrogens with zero attached hydrogens (tertiary/aromatic N) is 1. The Morgan fingerprint density at radius 2 is 1.93 bits per heavy atom. The average molecular weight is 217 g/mol. The summed E-state index contributed by atoms with van der Waals surface area (Å²) in [6.07, 6.45) is 5.12. The van der Waals surface area contributed by atoms with Crippen LogP contribution in [0.3, 0.4) is 0 Å². The Bertz CT molecular complexity index is 138. The molecule has 3 nitrogen and oxygen atoms in total. The molecule has 84 valence electrons. The highest BCUT2D eigenvalue weighted by Gasteiger charge is 2.01. The Morgan fingerprint density at radius 3 is 2.50 bits per heavy atom. The summed E-state index contributed by atoms with van der Waals surface area (Å²) in [5, 5.41) is 0. The molecule has 0 atom stereocenters. The molecule has 0 aliphatic rings. The van der Waals surface area contributed by atoms with Crippen LogP contribution >= 0.6 is 0 Å².